The number of carbonyl (C=O) groups excluding carboxylic acids is 1. The van der Waals surface area contributed by atoms with Gasteiger partial charge in [0.2, 0.25) is 0 Å². The van der Waals surface area contributed by atoms with Crippen LogP contribution in [0.25, 0.3) is 33.5 Å². The molecule has 4 aromatic rings. The van der Waals surface area contributed by atoms with Crippen LogP contribution in [-0.2, 0) is 11.8 Å². The third-order valence-corrected chi connectivity index (χ3v) is 4.75. The Morgan fingerprint density at radius 3 is 3.00 bits per heavy atom. The number of rotatable bonds is 5. The van der Waals surface area contributed by atoms with Crippen molar-refractivity contribution in [1.29, 1.82) is 0 Å². The highest BCUT2D eigenvalue weighted by Gasteiger charge is 2.20. The highest BCUT2D eigenvalue weighted by atomic mass is 35.5. The molecule has 0 aliphatic carbocycles. The van der Waals surface area contributed by atoms with E-state index >= 15 is 0 Å². The maximum absolute atomic E-state index is 14.6. The first kappa shape index (κ1) is 19.3. The number of aromatic nitrogens is 5. The van der Waals surface area contributed by atoms with Gasteiger partial charge in [0.15, 0.2) is 5.65 Å². The number of halogens is 2. The molecule has 150 valence electrons. The molecule has 3 heterocycles. The van der Waals surface area contributed by atoms with Gasteiger partial charge in [0, 0.05) is 31.4 Å². The average molecular weight is 417 g/mol. The van der Waals surface area contributed by atoms with Crippen molar-refractivity contribution in [3.05, 3.63) is 40.9 Å². The topological polar surface area (TPSA) is 97.7 Å². The molecule has 1 atom stereocenters. The van der Waals surface area contributed by atoms with Crippen LogP contribution in [0, 0.1) is 5.82 Å². The molecule has 2 N–H and O–H groups in total. The Labute approximate surface area is 170 Å². The Hall–Kier alpha value is -3.04. The number of fused-ring (bicyclic) bond motifs is 2. The number of aryl methyl sites for hydroxylation is 1. The highest BCUT2D eigenvalue weighted by molar-refractivity contribution is 6.31. The molecule has 0 radical (unpaired) electrons. The van der Waals surface area contributed by atoms with Crippen LogP contribution in [0.4, 0.5) is 4.39 Å². The highest BCUT2D eigenvalue weighted by Crippen LogP contribution is 2.31. The normalized spacial score (nSPS) is 12.6. The summed E-state index contributed by atoms with van der Waals surface area (Å²) in [4.78, 5) is 24.4. The maximum Gasteiger partial charge on any atom is 0.255 e. The van der Waals surface area contributed by atoms with Crippen molar-refractivity contribution < 1.29 is 13.9 Å². The molecule has 0 spiro atoms. The van der Waals surface area contributed by atoms with E-state index in [1.807, 2.05) is 6.92 Å². The summed E-state index contributed by atoms with van der Waals surface area (Å²) in [6.45, 7) is 2.22. The molecule has 0 saturated heterocycles. The van der Waals surface area contributed by atoms with Crippen LogP contribution < -0.4 is 5.32 Å². The van der Waals surface area contributed by atoms with E-state index in [2.05, 4.69) is 25.4 Å². The summed E-state index contributed by atoms with van der Waals surface area (Å²) in [5.74, 6) is -0.811. The van der Waals surface area contributed by atoms with Gasteiger partial charge in [-0.15, -0.1) is 0 Å². The number of H-pyrrole nitrogens is 1. The first-order valence-corrected chi connectivity index (χ1v) is 9.23. The van der Waals surface area contributed by atoms with Crippen LogP contribution in [0.2, 0.25) is 5.02 Å². The molecule has 0 aliphatic heterocycles. The number of carbonyl (C=O) groups is 1. The smallest absolute Gasteiger partial charge is 0.255 e. The van der Waals surface area contributed by atoms with E-state index in [0.29, 0.717) is 45.6 Å². The second-order valence-corrected chi connectivity index (χ2v) is 7.18. The zero-order valence-electron chi connectivity index (χ0n) is 16.0. The molecule has 0 bridgehead atoms. The van der Waals surface area contributed by atoms with E-state index in [1.54, 1.807) is 26.4 Å². The number of methoxy groups -OCH3 is 1. The number of ether oxygens (including phenoxy) is 1. The molecule has 1 unspecified atom stereocenters. The SMILES string of the molecule is COCC(C)NC(=O)c1c[nH]c2ncc(-c3nn(C)c4cc(Cl)cc(F)c34)nc12. The van der Waals surface area contributed by atoms with Crippen molar-refractivity contribution in [3.63, 3.8) is 0 Å². The molecule has 29 heavy (non-hydrogen) atoms. The van der Waals surface area contributed by atoms with E-state index in [4.69, 9.17) is 16.3 Å². The van der Waals surface area contributed by atoms with E-state index in [0.717, 1.165) is 0 Å². The first-order valence-electron chi connectivity index (χ1n) is 8.85. The third kappa shape index (κ3) is 3.43. The third-order valence-electron chi connectivity index (χ3n) is 4.53. The van der Waals surface area contributed by atoms with Crippen LogP contribution in [0.1, 0.15) is 17.3 Å². The first-order chi connectivity index (χ1) is 13.9. The number of hydrogen-bond donors (Lipinski definition) is 2. The van der Waals surface area contributed by atoms with Gasteiger partial charge < -0.3 is 15.0 Å². The molecule has 0 saturated carbocycles. The van der Waals surface area contributed by atoms with Gasteiger partial charge in [0.25, 0.3) is 5.91 Å². The Bertz CT molecular complexity index is 1230. The standard InChI is InChI=1S/C19H18ClFN6O2/c1-9(8-29-3)24-19(28)11-6-22-18-16(11)25-13(7-23-18)17-15-12(21)4-10(20)5-14(15)27(2)26-17/h4-7,9H,8H2,1-3H3,(H,22,23)(H,24,28). The second kappa shape index (κ2) is 7.41. The summed E-state index contributed by atoms with van der Waals surface area (Å²) < 4.78 is 21.2. The largest absolute Gasteiger partial charge is 0.383 e. The van der Waals surface area contributed by atoms with Crippen molar-refractivity contribution in [1.82, 2.24) is 30.0 Å². The molecule has 4 rings (SSSR count). The number of amides is 1. The summed E-state index contributed by atoms with van der Waals surface area (Å²) in [5.41, 5.74) is 2.36. The lowest BCUT2D eigenvalue weighted by atomic mass is 10.1. The lowest BCUT2D eigenvalue weighted by molar-refractivity contribution is 0.0907. The van der Waals surface area contributed by atoms with Crippen LogP contribution in [0.15, 0.2) is 24.5 Å². The second-order valence-electron chi connectivity index (χ2n) is 6.74. The van der Waals surface area contributed by atoms with Gasteiger partial charge in [-0.1, -0.05) is 11.6 Å². The molecular formula is C19H18ClFN6O2. The molecule has 0 fully saturated rings. The minimum atomic E-state index is -0.502. The quantitative estimate of drug-likeness (QED) is 0.521. The number of hydrogen-bond acceptors (Lipinski definition) is 5. The zero-order chi connectivity index (χ0) is 20.7. The number of aromatic amines is 1. The van der Waals surface area contributed by atoms with Gasteiger partial charge in [-0.25, -0.2) is 14.4 Å². The van der Waals surface area contributed by atoms with E-state index in [1.165, 1.54) is 16.9 Å². The Morgan fingerprint density at radius 1 is 1.45 bits per heavy atom. The molecule has 1 amide bonds. The predicted octanol–water partition coefficient (Wildman–Crippen LogP) is 3.07. The van der Waals surface area contributed by atoms with Gasteiger partial charge in [0.1, 0.15) is 22.7 Å². The van der Waals surface area contributed by atoms with Gasteiger partial charge in [0.05, 0.1) is 29.3 Å². The fourth-order valence-electron chi connectivity index (χ4n) is 3.25. The minimum Gasteiger partial charge on any atom is -0.383 e. The van der Waals surface area contributed by atoms with Gasteiger partial charge in [-0.05, 0) is 19.1 Å². The molecule has 10 heteroatoms. The molecule has 0 aliphatic rings. The molecule has 3 aromatic heterocycles. The van der Waals surface area contributed by atoms with E-state index in [9.17, 15) is 9.18 Å². The summed E-state index contributed by atoms with van der Waals surface area (Å²) in [5, 5.41) is 7.80. The van der Waals surface area contributed by atoms with Gasteiger partial charge in [-0.2, -0.15) is 5.10 Å². The number of nitrogens with one attached hydrogen (secondary N) is 2. The molecule has 8 nitrogen and oxygen atoms in total. The summed E-state index contributed by atoms with van der Waals surface area (Å²) in [6.07, 6.45) is 3.03. The fraction of sp³-hybridized carbons (Fsp3) is 0.263. The Kier molecular flexibility index (Phi) is 4.93. The lowest BCUT2D eigenvalue weighted by Crippen LogP contribution is -2.35. The van der Waals surface area contributed by atoms with Crippen LogP contribution in [-0.4, -0.2) is 50.4 Å². The predicted molar refractivity (Wildman–Crippen MR) is 107 cm³/mol. The van der Waals surface area contributed by atoms with E-state index < -0.39 is 5.82 Å². The summed E-state index contributed by atoms with van der Waals surface area (Å²) >= 11 is 5.97. The van der Waals surface area contributed by atoms with Crippen LogP contribution in [0.3, 0.4) is 0 Å². The number of benzene rings is 1. The Balaban J connectivity index is 1.81. The van der Waals surface area contributed by atoms with Gasteiger partial charge >= 0.3 is 0 Å². The average Bonchev–Trinajstić information content (AvgIpc) is 3.23. The van der Waals surface area contributed by atoms with Crippen molar-refractivity contribution in [2.45, 2.75) is 13.0 Å². The van der Waals surface area contributed by atoms with Gasteiger partial charge in [-0.3, -0.25) is 9.48 Å². The summed E-state index contributed by atoms with van der Waals surface area (Å²) in [7, 11) is 3.26. The lowest BCUT2D eigenvalue weighted by Gasteiger charge is -2.11. The minimum absolute atomic E-state index is 0.174. The van der Waals surface area contributed by atoms with Crippen molar-refractivity contribution in [2.75, 3.05) is 13.7 Å². The zero-order valence-corrected chi connectivity index (χ0v) is 16.7. The van der Waals surface area contributed by atoms with Crippen molar-refractivity contribution >= 4 is 39.6 Å². The Morgan fingerprint density at radius 2 is 2.24 bits per heavy atom. The number of nitrogens with zero attached hydrogens (tertiary/aromatic N) is 4. The molecule has 1 aromatic carbocycles. The maximum atomic E-state index is 14.6. The van der Waals surface area contributed by atoms with Crippen LogP contribution >= 0.6 is 11.6 Å². The van der Waals surface area contributed by atoms with E-state index in [-0.39, 0.29) is 17.0 Å². The summed E-state index contributed by atoms with van der Waals surface area (Å²) in [6, 6.07) is 2.69. The van der Waals surface area contributed by atoms with Crippen molar-refractivity contribution in [2.24, 2.45) is 7.05 Å². The monoisotopic (exact) mass is 416 g/mol. The molecular weight excluding hydrogens is 399 g/mol. The van der Waals surface area contributed by atoms with Crippen molar-refractivity contribution in [3.8, 4) is 11.4 Å². The fourth-order valence-corrected chi connectivity index (χ4v) is 3.45. The van der Waals surface area contributed by atoms with Crippen LogP contribution in [0.5, 0.6) is 0 Å².